The number of benzene rings is 1. The predicted molar refractivity (Wildman–Crippen MR) is 127 cm³/mol. The molecule has 34 heavy (non-hydrogen) atoms. The highest BCUT2D eigenvalue weighted by Crippen LogP contribution is 2.29. The molecule has 5 rings (SSSR count). The molecule has 2 amide bonds. The molecule has 3 heterocycles. The first-order valence-electron chi connectivity index (χ1n) is 11.6. The standard InChI is InChI=1S/C25H25N3O5S/c1-15-19-21(34-20(15)25(32)33-16-8-3-2-4-9-16)26-14-27(24(19)31)12-7-13-28-22(29)17-10-5-6-11-18(17)23(28)30/h5-6,10-11,14,16H,2-4,7-9,12-13H2,1H3. The molecular formula is C25H25N3O5S. The molecule has 176 valence electrons. The highest BCUT2D eigenvalue weighted by atomic mass is 32.1. The molecule has 0 radical (unpaired) electrons. The second-order valence-electron chi connectivity index (χ2n) is 8.81. The van der Waals surface area contributed by atoms with Gasteiger partial charge in [-0.3, -0.25) is 23.9 Å². The zero-order valence-electron chi connectivity index (χ0n) is 18.9. The average Bonchev–Trinajstić information content (AvgIpc) is 3.31. The van der Waals surface area contributed by atoms with E-state index in [1.165, 1.54) is 33.6 Å². The van der Waals surface area contributed by atoms with E-state index in [1.807, 2.05) is 0 Å². The van der Waals surface area contributed by atoms with Gasteiger partial charge in [0.2, 0.25) is 0 Å². The summed E-state index contributed by atoms with van der Waals surface area (Å²) in [7, 11) is 0. The van der Waals surface area contributed by atoms with Gasteiger partial charge < -0.3 is 4.74 Å². The molecular weight excluding hydrogens is 454 g/mol. The lowest BCUT2D eigenvalue weighted by Crippen LogP contribution is -2.32. The van der Waals surface area contributed by atoms with Gasteiger partial charge in [-0.25, -0.2) is 9.78 Å². The molecule has 3 aromatic rings. The van der Waals surface area contributed by atoms with Gasteiger partial charge in [-0.1, -0.05) is 18.6 Å². The van der Waals surface area contributed by atoms with Crippen molar-refractivity contribution in [3.05, 3.63) is 62.5 Å². The van der Waals surface area contributed by atoms with Gasteiger partial charge in [-0.2, -0.15) is 0 Å². The van der Waals surface area contributed by atoms with E-state index in [0.29, 0.717) is 44.7 Å². The van der Waals surface area contributed by atoms with Crippen molar-refractivity contribution in [3.8, 4) is 0 Å². The van der Waals surface area contributed by atoms with Crippen molar-refractivity contribution in [2.45, 2.75) is 58.1 Å². The number of imide groups is 1. The summed E-state index contributed by atoms with van der Waals surface area (Å²) in [6.07, 6.45) is 6.89. The van der Waals surface area contributed by atoms with Crippen molar-refractivity contribution in [1.82, 2.24) is 14.5 Å². The maximum atomic E-state index is 13.1. The molecule has 1 aliphatic heterocycles. The van der Waals surface area contributed by atoms with Crippen LogP contribution in [-0.4, -0.2) is 44.9 Å². The van der Waals surface area contributed by atoms with Crippen LogP contribution in [0.4, 0.5) is 0 Å². The van der Waals surface area contributed by atoms with E-state index in [0.717, 1.165) is 25.7 Å². The number of nitrogens with zero attached hydrogens (tertiary/aromatic N) is 3. The van der Waals surface area contributed by atoms with Gasteiger partial charge in [-0.05, 0) is 56.7 Å². The van der Waals surface area contributed by atoms with Crippen LogP contribution in [0.3, 0.4) is 0 Å². The molecule has 1 aromatic carbocycles. The number of amides is 2. The Morgan fingerprint density at radius 3 is 2.41 bits per heavy atom. The Morgan fingerprint density at radius 2 is 1.74 bits per heavy atom. The third kappa shape index (κ3) is 3.94. The molecule has 0 saturated heterocycles. The first-order valence-corrected chi connectivity index (χ1v) is 12.4. The molecule has 0 N–H and O–H groups in total. The molecule has 2 aliphatic rings. The number of hydrogen-bond donors (Lipinski definition) is 0. The fourth-order valence-corrected chi connectivity index (χ4v) is 5.76. The molecule has 0 bridgehead atoms. The minimum absolute atomic E-state index is 0.0578. The van der Waals surface area contributed by atoms with Crippen LogP contribution in [0.2, 0.25) is 0 Å². The number of aromatic nitrogens is 2. The van der Waals surface area contributed by atoms with Gasteiger partial charge in [0.1, 0.15) is 15.8 Å². The van der Waals surface area contributed by atoms with E-state index in [1.54, 1.807) is 31.2 Å². The van der Waals surface area contributed by atoms with E-state index < -0.39 is 0 Å². The first kappa shape index (κ1) is 22.5. The Kier molecular flexibility index (Phi) is 6.03. The highest BCUT2D eigenvalue weighted by Gasteiger charge is 2.34. The summed E-state index contributed by atoms with van der Waals surface area (Å²) in [5.41, 5.74) is 1.18. The van der Waals surface area contributed by atoms with E-state index in [4.69, 9.17) is 4.74 Å². The Morgan fingerprint density at radius 1 is 1.06 bits per heavy atom. The summed E-state index contributed by atoms with van der Waals surface area (Å²) in [6.45, 7) is 2.26. The third-order valence-electron chi connectivity index (χ3n) is 6.59. The van der Waals surface area contributed by atoms with Crippen molar-refractivity contribution >= 4 is 39.3 Å². The lowest BCUT2D eigenvalue weighted by Gasteiger charge is -2.21. The van der Waals surface area contributed by atoms with Crippen LogP contribution in [-0.2, 0) is 11.3 Å². The second-order valence-corrected chi connectivity index (χ2v) is 9.80. The number of aryl methyl sites for hydroxylation is 2. The lowest BCUT2D eigenvalue weighted by molar-refractivity contribution is 0.0216. The SMILES string of the molecule is Cc1c(C(=O)OC2CCCCC2)sc2ncn(CCCN3C(=O)c4ccccc4C3=O)c(=O)c12. The van der Waals surface area contributed by atoms with Gasteiger partial charge in [0.05, 0.1) is 22.8 Å². The summed E-state index contributed by atoms with van der Waals surface area (Å²) in [5, 5.41) is 0.420. The number of carbonyl (C=O) groups is 3. The van der Waals surface area contributed by atoms with Crippen LogP contribution in [0.25, 0.3) is 10.2 Å². The predicted octanol–water partition coefficient (Wildman–Crippen LogP) is 3.94. The van der Waals surface area contributed by atoms with Crippen LogP contribution in [0.5, 0.6) is 0 Å². The van der Waals surface area contributed by atoms with E-state index in [-0.39, 0.29) is 36.0 Å². The summed E-state index contributed by atoms with van der Waals surface area (Å²) >= 11 is 1.18. The Balaban J connectivity index is 1.29. The summed E-state index contributed by atoms with van der Waals surface area (Å²) in [6, 6.07) is 6.76. The number of hydrogen-bond acceptors (Lipinski definition) is 7. The largest absolute Gasteiger partial charge is 0.458 e. The van der Waals surface area contributed by atoms with Crippen molar-refractivity contribution in [1.29, 1.82) is 0 Å². The average molecular weight is 480 g/mol. The summed E-state index contributed by atoms with van der Waals surface area (Å²) < 4.78 is 7.16. The van der Waals surface area contributed by atoms with E-state index in [9.17, 15) is 19.2 Å². The third-order valence-corrected chi connectivity index (χ3v) is 7.77. The molecule has 9 heteroatoms. The minimum atomic E-state index is -0.385. The van der Waals surface area contributed by atoms with Crippen molar-refractivity contribution < 1.29 is 19.1 Å². The summed E-state index contributed by atoms with van der Waals surface area (Å²) in [5.74, 6) is -1.00. The quantitative estimate of drug-likeness (QED) is 0.392. The zero-order chi connectivity index (χ0) is 23.8. The van der Waals surface area contributed by atoms with Gasteiger partial charge >= 0.3 is 5.97 Å². The maximum absolute atomic E-state index is 13.1. The summed E-state index contributed by atoms with van der Waals surface area (Å²) in [4.78, 5) is 57.5. The minimum Gasteiger partial charge on any atom is -0.458 e. The number of rotatable bonds is 6. The number of ether oxygens (including phenoxy) is 1. The van der Waals surface area contributed by atoms with Crippen molar-refractivity contribution in [2.75, 3.05) is 6.54 Å². The molecule has 1 aliphatic carbocycles. The topological polar surface area (TPSA) is 98.6 Å². The molecule has 1 saturated carbocycles. The lowest BCUT2D eigenvalue weighted by atomic mass is 9.98. The molecule has 0 spiro atoms. The van der Waals surface area contributed by atoms with Crippen LogP contribution in [0.1, 0.15) is 74.5 Å². The van der Waals surface area contributed by atoms with Crippen LogP contribution < -0.4 is 5.56 Å². The Hall–Kier alpha value is -3.33. The Labute approximate surface area is 200 Å². The van der Waals surface area contributed by atoms with Gasteiger partial charge in [0, 0.05) is 13.1 Å². The second kappa shape index (κ2) is 9.13. The van der Waals surface area contributed by atoms with Gasteiger partial charge in [0.15, 0.2) is 0 Å². The number of esters is 1. The van der Waals surface area contributed by atoms with E-state index >= 15 is 0 Å². The Bertz CT molecular complexity index is 1320. The number of thiophene rings is 1. The fraction of sp³-hybridized carbons (Fsp3) is 0.400. The molecule has 0 unspecified atom stereocenters. The van der Waals surface area contributed by atoms with Crippen molar-refractivity contribution in [2.24, 2.45) is 0 Å². The number of fused-ring (bicyclic) bond motifs is 2. The van der Waals surface area contributed by atoms with Gasteiger partial charge in [-0.15, -0.1) is 11.3 Å². The molecule has 2 aromatic heterocycles. The van der Waals surface area contributed by atoms with E-state index in [2.05, 4.69) is 4.98 Å². The monoisotopic (exact) mass is 479 g/mol. The highest BCUT2D eigenvalue weighted by molar-refractivity contribution is 7.20. The van der Waals surface area contributed by atoms with Crippen LogP contribution in [0.15, 0.2) is 35.4 Å². The first-order chi connectivity index (χ1) is 16.5. The zero-order valence-corrected chi connectivity index (χ0v) is 19.7. The normalized spacial score (nSPS) is 16.3. The molecule has 0 atom stereocenters. The van der Waals surface area contributed by atoms with Crippen LogP contribution >= 0.6 is 11.3 Å². The van der Waals surface area contributed by atoms with Gasteiger partial charge in [0.25, 0.3) is 17.4 Å². The number of carbonyl (C=O) groups excluding carboxylic acids is 3. The molecule has 1 fully saturated rings. The van der Waals surface area contributed by atoms with Crippen molar-refractivity contribution in [3.63, 3.8) is 0 Å². The maximum Gasteiger partial charge on any atom is 0.348 e. The smallest absolute Gasteiger partial charge is 0.348 e. The molecule has 8 nitrogen and oxygen atoms in total. The fourth-order valence-electron chi connectivity index (χ4n) is 4.74. The van der Waals surface area contributed by atoms with Crippen LogP contribution in [0, 0.1) is 6.92 Å².